The Hall–Kier alpha value is -2.75. The Labute approximate surface area is 153 Å². The van der Waals surface area contributed by atoms with Crippen LogP contribution < -0.4 is 14.2 Å². The van der Waals surface area contributed by atoms with Gasteiger partial charge in [-0.3, -0.25) is 4.79 Å². The molecule has 0 aliphatic carbocycles. The number of hydrogen-bond acceptors (Lipinski definition) is 4. The van der Waals surface area contributed by atoms with Crippen molar-refractivity contribution in [2.45, 2.75) is 32.6 Å². The van der Waals surface area contributed by atoms with E-state index in [1.54, 1.807) is 6.07 Å². The molecule has 2 aliphatic heterocycles. The Morgan fingerprint density at radius 2 is 1.73 bits per heavy atom. The number of allylic oxidation sites excluding steroid dienone is 2. The molecule has 4 heteroatoms. The molecule has 26 heavy (non-hydrogen) atoms. The van der Waals surface area contributed by atoms with Crippen molar-refractivity contribution < 1.29 is 19.0 Å². The normalized spacial score (nSPS) is 21.2. The van der Waals surface area contributed by atoms with Crippen LogP contribution >= 0.6 is 0 Å². The third-order valence-corrected chi connectivity index (χ3v) is 4.83. The van der Waals surface area contributed by atoms with Crippen molar-refractivity contribution in [2.75, 3.05) is 6.79 Å². The topological polar surface area (TPSA) is 44.8 Å². The third-order valence-electron chi connectivity index (χ3n) is 4.83. The standard InChI is InChI=1S/C22H22O4/c1-13(2)4-9-16-17-10-19-20(25-12-24-19)11-18(17)26-22(23)21(16)15-7-5-14(3)6-8-15/h4-11,13,16,21H,12H2,1-3H3/b9-4+/t16-,21-/m1/s1. The number of ether oxygens (including phenoxy) is 3. The van der Waals surface area contributed by atoms with Crippen LogP contribution in [-0.4, -0.2) is 12.8 Å². The van der Waals surface area contributed by atoms with Crippen LogP contribution in [-0.2, 0) is 4.79 Å². The van der Waals surface area contributed by atoms with E-state index in [2.05, 4.69) is 26.0 Å². The van der Waals surface area contributed by atoms with Crippen LogP contribution in [0.3, 0.4) is 0 Å². The molecule has 0 bridgehead atoms. The number of carbonyl (C=O) groups excluding carboxylic acids is 1. The molecule has 0 radical (unpaired) electrons. The fourth-order valence-corrected chi connectivity index (χ4v) is 3.46. The summed E-state index contributed by atoms with van der Waals surface area (Å²) < 4.78 is 16.6. The second kappa shape index (κ2) is 6.52. The molecule has 0 saturated heterocycles. The summed E-state index contributed by atoms with van der Waals surface area (Å²) in [6.07, 6.45) is 4.26. The average molecular weight is 350 g/mol. The highest BCUT2D eigenvalue weighted by molar-refractivity contribution is 5.85. The van der Waals surface area contributed by atoms with Crippen LogP contribution in [0.2, 0.25) is 0 Å². The number of fused-ring (bicyclic) bond motifs is 2. The molecule has 4 nitrogen and oxygen atoms in total. The van der Waals surface area contributed by atoms with Gasteiger partial charge in [-0.15, -0.1) is 0 Å². The summed E-state index contributed by atoms with van der Waals surface area (Å²) in [6, 6.07) is 11.8. The van der Waals surface area contributed by atoms with E-state index in [4.69, 9.17) is 14.2 Å². The van der Waals surface area contributed by atoms with Crippen molar-refractivity contribution in [1.82, 2.24) is 0 Å². The lowest BCUT2D eigenvalue weighted by Gasteiger charge is -2.31. The van der Waals surface area contributed by atoms with Crippen LogP contribution in [0.4, 0.5) is 0 Å². The third kappa shape index (κ3) is 2.96. The molecule has 2 atom stereocenters. The van der Waals surface area contributed by atoms with Crippen molar-refractivity contribution in [3.63, 3.8) is 0 Å². The molecule has 0 unspecified atom stereocenters. The molecule has 2 aliphatic rings. The van der Waals surface area contributed by atoms with Crippen molar-refractivity contribution in [3.05, 3.63) is 65.2 Å². The summed E-state index contributed by atoms with van der Waals surface area (Å²) in [6.45, 7) is 6.48. The Morgan fingerprint density at radius 3 is 2.42 bits per heavy atom. The fraction of sp³-hybridized carbons (Fsp3) is 0.318. The zero-order valence-electron chi connectivity index (χ0n) is 15.2. The molecule has 0 amide bonds. The fourth-order valence-electron chi connectivity index (χ4n) is 3.46. The van der Waals surface area contributed by atoms with Gasteiger partial charge in [-0.2, -0.15) is 0 Å². The summed E-state index contributed by atoms with van der Waals surface area (Å²) in [5.41, 5.74) is 3.08. The molecule has 2 aromatic rings. The molecule has 0 spiro atoms. The van der Waals surface area contributed by atoms with Gasteiger partial charge in [-0.1, -0.05) is 55.8 Å². The number of carbonyl (C=O) groups is 1. The Morgan fingerprint density at radius 1 is 1.04 bits per heavy atom. The predicted molar refractivity (Wildman–Crippen MR) is 98.8 cm³/mol. The van der Waals surface area contributed by atoms with Gasteiger partial charge in [0.1, 0.15) is 5.75 Å². The molecule has 0 fully saturated rings. The highest BCUT2D eigenvalue weighted by atomic mass is 16.7. The lowest BCUT2D eigenvalue weighted by molar-refractivity contribution is -0.137. The quantitative estimate of drug-likeness (QED) is 0.456. The molecule has 2 aromatic carbocycles. The number of hydrogen-bond donors (Lipinski definition) is 0. The van der Waals surface area contributed by atoms with Crippen molar-refractivity contribution in [1.29, 1.82) is 0 Å². The summed E-state index contributed by atoms with van der Waals surface area (Å²) in [4.78, 5) is 12.9. The molecule has 134 valence electrons. The van der Waals surface area contributed by atoms with Gasteiger partial charge in [0.15, 0.2) is 11.5 Å². The molecular formula is C22H22O4. The highest BCUT2D eigenvalue weighted by Gasteiger charge is 2.39. The van der Waals surface area contributed by atoms with Gasteiger partial charge in [0.25, 0.3) is 0 Å². The minimum absolute atomic E-state index is 0.106. The van der Waals surface area contributed by atoms with Gasteiger partial charge >= 0.3 is 5.97 Å². The number of aryl methyl sites for hydroxylation is 1. The average Bonchev–Trinajstić information content (AvgIpc) is 3.06. The largest absolute Gasteiger partial charge is 0.454 e. The molecular weight excluding hydrogens is 328 g/mol. The van der Waals surface area contributed by atoms with Gasteiger partial charge < -0.3 is 14.2 Å². The smallest absolute Gasteiger partial charge is 0.319 e. The molecule has 0 N–H and O–H groups in total. The van der Waals surface area contributed by atoms with Gasteiger partial charge in [-0.05, 0) is 24.5 Å². The SMILES string of the molecule is Cc1ccc([C@H]2C(=O)Oc3cc4c(cc3[C@H]2/C=C/C(C)C)OCO4)cc1. The van der Waals surface area contributed by atoms with E-state index in [1.807, 2.05) is 37.3 Å². The predicted octanol–water partition coefficient (Wildman–Crippen LogP) is 4.72. The zero-order valence-corrected chi connectivity index (χ0v) is 15.2. The summed E-state index contributed by atoms with van der Waals surface area (Å²) in [5.74, 6) is 1.55. The maximum Gasteiger partial charge on any atom is 0.319 e. The summed E-state index contributed by atoms with van der Waals surface area (Å²) >= 11 is 0. The van der Waals surface area contributed by atoms with Crippen molar-refractivity contribution >= 4 is 5.97 Å². The first-order chi connectivity index (χ1) is 12.5. The maximum absolute atomic E-state index is 12.9. The number of esters is 1. The lowest BCUT2D eigenvalue weighted by atomic mass is 9.78. The van der Waals surface area contributed by atoms with Crippen LogP contribution in [0.15, 0.2) is 48.6 Å². The van der Waals surface area contributed by atoms with Gasteiger partial charge in [0.05, 0.1) is 5.92 Å². The van der Waals surface area contributed by atoms with Crippen molar-refractivity contribution in [3.8, 4) is 17.2 Å². The van der Waals surface area contributed by atoms with E-state index in [9.17, 15) is 4.79 Å². The Balaban J connectivity index is 1.83. The van der Waals surface area contributed by atoms with Crippen molar-refractivity contribution in [2.24, 2.45) is 5.92 Å². The van der Waals surface area contributed by atoms with E-state index in [0.717, 1.165) is 16.7 Å². The van der Waals surface area contributed by atoms with Gasteiger partial charge in [-0.25, -0.2) is 0 Å². The molecule has 0 saturated carbocycles. The first kappa shape index (κ1) is 16.7. The Kier molecular flexibility index (Phi) is 4.19. The second-order valence-corrected chi connectivity index (χ2v) is 7.21. The van der Waals surface area contributed by atoms with Crippen LogP contribution in [0.1, 0.15) is 42.4 Å². The van der Waals surface area contributed by atoms with E-state index in [-0.39, 0.29) is 24.6 Å². The molecule has 0 aromatic heterocycles. The molecule has 4 rings (SSSR count). The number of benzene rings is 2. The van der Waals surface area contributed by atoms with Gasteiger partial charge in [0.2, 0.25) is 6.79 Å². The monoisotopic (exact) mass is 350 g/mol. The lowest BCUT2D eigenvalue weighted by Crippen LogP contribution is -2.29. The number of rotatable bonds is 3. The van der Waals surface area contributed by atoms with E-state index >= 15 is 0 Å². The highest BCUT2D eigenvalue weighted by Crippen LogP contribution is 2.48. The van der Waals surface area contributed by atoms with Crippen LogP contribution in [0, 0.1) is 12.8 Å². The maximum atomic E-state index is 12.9. The van der Waals surface area contributed by atoms with E-state index in [0.29, 0.717) is 23.2 Å². The first-order valence-corrected chi connectivity index (χ1v) is 8.93. The minimum Gasteiger partial charge on any atom is -0.454 e. The summed E-state index contributed by atoms with van der Waals surface area (Å²) in [5, 5.41) is 0. The Bertz CT molecular complexity index is 864. The second-order valence-electron chi connectivity index (χ2n) is 7.21. The van der Waals surface area contributed by atoms with E-state index < -0.39 is 0 Å². The first-order valence-electron chi connectivity index (χ1n) is 8.93. The minimum atomic E-state index is -0.376. The zero-order chi connectivity index (χ0) is 18.3. The summed E-state index contributed by atoms with van der Waals surface area (Å²) in [7, 11) is 0. The van der Waals surface area contributed by atoms with Crippen LogP contribution in [0.25, 0.3) is 0 Å². The molecule has 2 heterocycles. The van der Waals surface area contributed by atoms with E-state index in [1.165, 1.54) is 0 Å². The van der Waals surface area contributed by atoms with Gasteiger partial charge in [0, 0.05) is 17.5 Å². The van der Waals surface area contributed by atoms with Crippen LogP contribution in [0.5, 0.6) is 17.2 Å².